The average Bonchev–Trinajstić information content (AvgIpc) is 2.60. The Morgan fingerprint density at radius 3 is 2.60 bits per heavy atom. The van der Waals surface area contributed by atoms with E-state index in [0.29, 0.717) is 12.3 Å². The van der Waals surface area contributed by atoms with Gasteiger partial charge in [0.2, 0.25) is 0 Å². The van der Waals surface area contributed by atoms with Crippen molar-refractivity contribution in [1.29, 1.82) is 0 Å². The lowest BCUT2D eigenvalue weighted by atomic mass is 10.0. The van der Waals surface area contributed by atoms with Gasteiger partial charge in [-0.2, -0.15) is 0 Å². The third-order valence-electron chi connectivity index (χ3n) is 3.97. The number of hydrogen-bond donors (Lipinski definition) is 1. The molecule has 0 saturated carbocycles. The predicted octanol–water partition coefficient (Wildman–Crippen LogP) is 2.80. The number of aryl methyl sites for hydroxylation is 1. The van der Waals surface area contributed by atoms with Crippen molar-refractivity contribution in [3.8, 4) is 11.5 Å². The number of ether oxygens (including phenoxy) is 2. The Balaban J connectivity index is 1.93. The van der Waals surface area contributed by atoms with Crippen LogP contribution in [0.2, 0.25) is 0 Å². The van der Waals surface area contributed by atoms with E-state index in [2.05, 4.69) is 10.2 Å². The van der Waals surface area contributed by atoms with Gasteiger partial charge in [-0.05, 0) is 44.8 Å². The predicted molar refractivity (Wildman–Crippen MR) is 99.1 cm³/mol. The summed E-state index contributed by atoms with van der Waals surface area (Å²) in [6.07, 6.45) is 0. The fourth-order valence-corrected chi connectivity index (χ4v) is 2.63. The van der Waals surface area contributed by atoms with Crippen molar-refractivity contribution in [3.63, 3.8) is 0 Å². The molecule has 2 aromatic rings. The van der Waals surface area contributed by atoms with E-state index in [9.17, 15) is 4.79 Å². The van der Waals surface area contributed by atoms with Gasteiger partial charge in [-0.1, -0.05) is 30.3 Å². The molecule has 1 atom stereocenters. The number of carbonyl (C=O) groups is 1. The molecular weight excluding hydrogens is 316 g/mol. The first-order chi connectivity index (χ1) is 12.0. The molecule has 1 N–H and O–H groups in total. The Bertz CT molecular complexity index is 701. The minimum atomic E-state index is -0.150. The second-order valence-corrected chi connectivity index (χ2v) is 6.13. The van der Waals surface area contributed by atoms with Crippen LogP contribution in [-0.2, 0) is 4.79 Å². The number of nitrogens with zero attached hydrogens (tertiary/aromatic N) is 1. The van der Waals surface area contributed by atoms with Crippen LogP contribution in [0.3, 0.4) is 0 Å². The van der Waals surface area contributed by atoms with Crippen molar-refractivity contribution < 1.29 is 14.3 Å². The number of para-hydroxylation sites is 1. The topological polar surface area (TPSA) is 50.8 Å². The summed E-state index contributed by atoms with van der Waals surface area (Å²) in [6.45, 7) is 2.46. The molecule has 1 amide bonds. The maximum absolute atomic E-state index is 12.1. The molecule has 0 fully saturated rings. The lowest BCUT2D eigenvalue weighted by molar-refractivity contribution is -0.123. The molecule has 0 unspecified atom stereocenters. The highest BCUT2D eigenvalue weighted by molar-refractivity contribution is 5.77. The summed E-state index contributed by atoms with van der Waals surface area (Å²) in [5, 5.41) is 2.94. The lowest BCUT2D eigenvalue weighted by Gasteiger charge is -2.26. The van der Waals surface area contributed by atoms with Crippen molar-refractivity contribution in [2.24, 2.45) is 0 Å². The zero-order chi connectivity index (χ0) is 18.2. The molecule has 0 aliphatic carbocycles. The molecule has 0 bridgehead atoms. The van der Waals surface area contributed by atoms with Crippen LogP contribution in [0.15, 0.2) is 48.5 Å². The number of methoxy groups -OCH3 is 1. The Kier molecular flexibility index (Phi) is 6.83. The van der Waals surface area contributed by atoms with Crippen LogP contribution in [0.1, 0.15) is 17.2 Å². The van der Waals surface area contributed by atoms with E-state index in [0.717, 1.165) is 16.9 Å². The van der Waals surface area contributed by atoms with Crippen molar-refractivity contribution in [2.45, 2.75) is 13.0 Å². The molecule has 0 aromatic heterocycles. The fraction of sp³-hybridized carbons (Fsp3) is 0.350. The molecule has 25 heavy (non-hydrogen) atoms. The highest BCUT2D eigenvalue weighted by Crippen LogP contribution is 2.27. The fourth-order valence-electron chi connectivity index (χ4n) is 2.63. The van der Waals surface area contributed by atoms with Gasteiger partial charge in [0, 0.05) is 12.1 Å². The van der Waals surface area contributed by atoms with Crippen LogP contribution in [0.25, 0.3) is 0 Å². The molecule has 0 spiro atoms. The second-order valence-electron chi connectivity index (χ2n) is 6.13. The van der Waals surface area contributed by atoms with Gasteiger partial charge in [-0.25, -0.2) is 0 Å². The highest BCUT2D eigenvalue weighted by atomic mass is 16.5. The van der Waals surface area contributed by atoms with Gasteiger partial charge in [0.25, 0.3) is 5.91 Å². The minimum Gasteiger partial charge on any atom is -0.496 e. The number of hydrogen-bond acceptors (Lipinski definition) is 4. The second kappa shape index (κ2) is 9.08. The lowest BCUT2D eigenvalue weighted by Crippen LogP contribution is -2.37. The first kappa shape index (κ1) is 18.8. The van der Waals surface area contributed by atoms with Gasteiger partial charge < -0.3 is 19.7 Å². The molecule has 0 saturated heterocycles. The smallest absolute Gasteiger partial charge is 0.258 e. The quantitative estimate of drug-likeness (QED) is 0.801. The highest BCUT2D eigenvalue weighted by Gasteiger charge is 2.19. The van der Waals surface area contributed by atoms with Gasteiger partial charge in [-0.15, -0.1) is 0 Å². The van der Waals surface area contributed by atoms with E-state index in [-0.39, 0.29) is 18.6 Å². The Labute approximate surface area is 149 Å². The summed E-state index contributed by atoms with van der Waals surface area (Å²) in [4.78, 5) is 14.2. The summed E-state index contributed by atoms with van der Waals surface area (Å²) < 4.78 is 11.0. The van der Waals surface area contributed by atoms with Crippen molar-refractivity contribution in [3.05, 3.63) is 59.7 Å². The summed E-state index contributed by atoms with van der Waals surface area (Å²) in [7, 11) is 5.61. The Morgan fingerprint density at radius 1 is 1.16 bits per heavy atom. The van der Waals surface area contributed by atoms with Crippen molar-refractivity contribution in [1.82, 2.24) is 10.2 Å². The van der Waals surface area contributed by atoms with E-state index in [1.54, 1.807) is 7.11 Å². The Hall–Kier alpha value is -2.53. The zero-order valence-electron chi connectivity index (χ0n) is 15.3. The molecular formula is C20H26N2O3. The first-order valence-electron chi connectivity index (χ1n) is 8.26. The molecule has 2 rings (SSSR count). The molecule has 5 heteroatoms. The van der Waals surface area contributed by atoms with Crippen LogP contribution >= 0.6 is 0 Å². The normalized spacial score (nSPS) is 11.9. The van der Waals surface area contributed by atoms with Gasteiger partial charge in [0.1, 0.15) is 11.5 Å². The minimum absolute atomic E-state index is 0.00444. The molecule has 2 aromatic carbocycles. The number of benzene rings is 2. The Morgan fingerprint density at radius 2 is 1.92 bits per heavy atom. The maximum atomic E-state index is 12.1. The van der Waals surface area contributed by atoms with Gasteiger partial charge in [-0.3, -0.25) is 4.79 Å². The van der Waals surface area contributed by atoms with Crippen LogP contribution < -0.4 is 14.8 Å². The van der Waals surface area contributed by atoms with Crippen LogP contribution in [0, 0.1) is 6.92 Å². The summed E-state index contributed by atoms with van der Waals surface area (Å²) in [6, 6.07) is 15.5. The number of rotatable bonds is 8. The van der Waals surface area contributed by atoms with Gasteiger partial charge in [0.05, 0.1) is 13.2 Å². The van der Waals surface area contributed by atoms with E-state index < -0.39 is 0 Å². The average molecular weight is 342 g/mol. The molecule has 0 aliphatic rings. The summed E-state index contributed by atoms with van der Waals surface area (Å²) in [5.74, 6) is 1.36. The van der Waals surface area contributed by atoms with Crippen LogP contribution in [0.4, 0.5) is 0 Å². The zero-order valence-corrected chi connectivity index (χ0v) is 15.3. The van der Waals surface area contributed by atoms with Crippen LogP contribution in [-0.4, -0.2) is 45.2 Å². The molecule has 134 valence electrons. The standard InChI is InChI=1S/C20H26N2O3/c1-15-8-7-9-16(12-15)25-14-20(23)21-13-18(22(2)3)17-10-5-6-11-19(17)24-4/h5-12,18H,13-14H2,1-4H3,(H,21,23)/t18-/m0/s1. The number of carbonyl (C=O) groups excluding carboxylic acids is 1. The monoisotopic (exact) mass is 342 g/mol. The van der Waals surface area contributed by atoms with Gasteiger partial charge >= 0.3 is 0 Å². The number of amides is 1. The third kappa shape index (κ3) is 5.50. The van der Waals surface area contributed by atoms with E-state index in [1.165, 1.54) is 0 Å². The molecule has 0 aliphatic heterocycles. The number of likely N-dealkylation sites (N-methyl/N-ethyl adjacent to an activating group) is 1. The SMILES string of the molecule is COc1ccccc1[C@H](CNC(=O)COc1cccc(C)c1)N(C)C. The summed E-state index contributed by atoms with van der Waals surface area (Å²) >= 11 is 0. The van der Waals surface area contributed by atoms with E-state index >= 15 is 0 Å². The third-order valence-corrected chi connectivity index (χ3v) is 3.97. The van der Waals surface area contributed by atoms with Crippen molar-refractivity contribution in [2.75, 3.05) is 34.4 Å². The largest absolute Gasteiger partial charge is 0.496 e. The molecule has 0 radical (unpaired) electrons. The number of nitrogens with one attached hydrogen (secondary N) is 1. The van der Waals surface area contributed by atoms with E-state index in [4.69, 9.17) is 9.47 Å². The van der Waals surface area contributed by atoms with Crippen molar-refractivity contribution >= 4 is 5.91 Å². The molecule has 0 heterocycles. The van der Waals surface area contributed by atoms with Crippen LogP contribution in [0.5, 0.6) is 11.5 Å². The van der Waals surface area contributed by atoms with E-state index in [1.807, 2.05) is 69.6 Å². The first-order valence-corrected chi connectivity index (χ1v) is 8.26. The maximum Gasteiger partial charge on any atom is 0.258 e. The summed E-state index contributed by atoms with van der Waals surface area (Å²) in [5.41, 5.74) is 2.14. The molecule has 5 nitrogen and oxygen atoms in total. The van der Waals surface area contributed by atoms with Gasteiger partial charge in [0.15, 0.2) is 6.61 Å².